The van der Waals surface area contributed by atoms with Crippen molar-refractivity contribution in [3.63, 3.8) is 0 Å². The fourth-order valence-corrected chi connectivity index (χ4v) is 2.79. The molecule has 0 aromatic heterocycles. The van der Waals surface area contributed by atoms with Gasteiger partial charge in [-0.1, -0.05) is 45.0 Å². The van der Waals surface area contributed by atoms with Crippen molar-refractivity contribution < 1.29 is 0 Å². The van der Waals surface area contributed by atoms with Crippen LogP contribution in [0.1, 0.15) is 6.42 Å². The maximum atomic E-state index is 5.51. The fraction of sp³-hybridized carbons (Fsp3) is 1.00. The molecule has 0 spiro atoms. The molecule has 0 saturated heterocycles. The van der Waals surface area contributed by atoms with Gasteiger partial charge in [-0.3, -0.25) is 0 Å². The largest absolute Gasteiger partial charge is 0.0854 e. The molecule has 0 aromatic carbocycles. The summed E-state index contributed by atoms with van der Waals surface area (Å²) in [6, 6.07) is 0. The van der Waals surface area contributed by atoms with Crippen molar-refractivity contribution in [2.45, 2.75) is 6.42 Å². The van der Waals surface area contributed by atoms with Crippen molar-refractivity contribution in [1.29, 1.82) is 0 Å². The minimum absolute atomic E-state index is 0.794. The third kappa shape index (κ3) is 10.0. The predicted octanol–water partition coefficient (Wildman–Crippen LogP) is 4.96. The molecule has 0 heterocycles. The second-order valence-corrected chi connectivity index (χ2v) is 9.45. The van der Waals surface area contributed by atoms with E-state index in [2.05, 4.69) is 0 Å². The van der Waals surface area contributed by atoms with Gasteiger partial charge in [-0.25, -0.2) is 0 Å². The molecular weight excluding hydrogens is 240 g/mol. The molecular formula is C3H6Cl4P2. The lowest BCUT2D eigenvalue weighted by Crippen LogP contribution is -1.78. The second kappa shape index (κ2) is 6.71. The van der Waals surface area contributed by atoms with Crippen LogP contribution in [0, 0.1) is 0 Å². The monoisotopic (exact) mass is 244 g/mol. The van der Waals surface area contributed by atoms with Crippen LogP contribution in [0.2, 0.25) is 0 Å². The Labute approximate surface area is 76.9 Å². The van der Waals surface area contributed by atoms with Gasteiger partial charge in [-0.15, -0.1) is 0 Å². The van der Waals surface area contributed by atoms with Crippen LogP contribution in [0.4, 0.5) is 0 Å². The lowest BCUT2D eigenvalue weighted by atomic mass is 10.6. The third-order valence-electron chi connectivity index (χ3n) is 0.654. The van der Waals surface area contributed by atoms with E-state index in [9.17, 15) is 0 Å². The fourth-order valence-electron chi connectivity index (χ4n) is 0.310. The Kier molecular flexibility index (Phi) is 8.22. The lowest BCUT2D eigenvalue weighted by molar-refractivity contribution is 1.12. The zero-order valence-corrected chi connectivity index (χ0v) is 9.34. The average molecular weight is 246 g/mol. The average Bonchev–Trinajstić information content (AvgIpc) is 1.63. The molecule has 0 amide bonds. The summed E-state index contributed by atoms with van der Waals surface area (Å²) in [6.45, 7) is -1.59. The van der Waals surface area contributed by atoms with E-state index >= 15 is 0 Å². The molecule has 0 bridgehead atoms. The van der Waals surface area contributed by atoms with Crippen LogP contribution in [0.3, 0.4) is 0 Å². The maximum Gasteiger partial charge on any atom is 0.0854 e. The molecule has 6 heteroatoms. The van der Waals surface area contributed by atoms with Crippen LogP contribution in [-0.4, -0.2) is 12.3 Å². The molecule has 0 rings (SSSR count). The Balaban J connectivity index is 2.91. The first-order valence-electron chi connectivity index (χ1n) is 2.31. The van der Waals surface area contributed by atoms with Gasteiger partial charge in [-0.05, 0) is 18.7 Å². The first-order valence-corrected chi connectivity index (χ1v) is 8.98. The van der Waals surface area contributed by atoms with Gasteiger partial charge in [0.2, 0.25) is 0 Å². The summed E-state index contributed by atoms with van der Waals surface area (Å²) < 4.78 is 0. The molecule has 0 nitrogen and oxygen atoms in total. The summed E-state index contributed by atoms with van der Waals surface area (Å²) in [5.41, 5.74) is 0. The highest BCUT2D eigenvalue weighted by molar-refractivity contribution is 8.04. The van der Waals surface area contributed by atoms with E-state index in [1.807, 2.05) is 0 Å². The summed E-state index contributed by atoms with van der Waals surface area (Å²) in [5.74, 6) is 0. The molecule has 0 radical (unpaired) electrons. The molecule has 56 valence electrons. The van der Waals surface area contributed by atoms with Crippen molar-refractivity contribution in [2.24, 2.45) is 0 Å². The van der Waals surface area contributed by atoms with Crippen molar-refractivity contribution >= 4 is 58.2 Å². The van der Waals surface area contributed by atoms with Gasteiger partial charge in [0.05, 0.1) is 13.3 Å². The SMILES string of the molecule is ClP(Cl)CCCP(Cl)Cl. The van der Waals surface area contributed by atoms with E-state index in [1.54, 1.807) is 0 Å². The third-order valence-corrected chi connectivity index (χ3v) is 3.99. The number of hydrogen-bond acceptors (Lipinski definition) is 0. The van der Waals surface area contributed by atoms with Gasteiger partial charge in [0, 0.05) is 0 Å². The number of hydrogen-bond donors (Lipinski definition) is 0. The van der Waals surface area contributed by atoms with Crippen molar-refractivity contribution in [2.75, 3.05) is 12.3 Å². The zero-order valence-electron chi connectivity index (χ0n) is 4.53. The van der Waals surface area contributed by atoms with Gasteiger partial charge >= 0.3 is 0 Å². The molecule has 0 unspecified atom stereocenters. The van der Waals surface area contributed by atoms with Crippen molar-refractivity contribution in [3.05, 3.63) is 0 Å². The minimum Gasteiger partial charge on any atom is -0.0781 e. The topological polar surface area (TPSA) is 0 Å². The van der Waals surface area contributed by atoms with E-state index in [1.165, 1.54) is 0 Å². The minimum atomic E-state index is -0.794. The molecule has 0 aromatic rings. The van der Waals surface area contributed by atoms with Crippen molar-refractivity contribution in [1.82, 2.24) is 0 Å². The van der Waals surface area contributed by atoms with E-state index in [0.29, 0.717) is 0 Å². The van der Waals surface area contributed by atoms with E-state index in [4.69, 9.17) is 45.0 Å². The van der Waals surface area contributed by atoms with Gasteiger partial charge in [0.1, 0.15) is 0 Å². The highest BCUT2D eigenvalue weighted by Gasteiger charge is 2.01. The highest BCUT2D eigenvalue weighted by atomic mass is 35.9. The summed E-state index contributed by atoms with van der Waals surface area (Å²) in [7, 11) is 0. The van der Waals surface area contributed by atoms with Crippen LogP contribution in [0.25, 0.3) is 0 Å². The number of rotatable bonds is 4. The Morgan fingerprint density at radius 2 is 1.11 bits per heavy atom. The summed E-state index contributed by atoms with van der Waals surface area (Å²) in [5, 5.41) is 0. The van der Waals surface area contributed by atoms with Gasteiger partial charge in [0.15, 0.2) is 0 Å². The van der Waals surface area contributed by atoms with Gasteiger partial charge < -0.3 is 0 Å². The van der Waals surface area contributed by atoms with E-state index < -0.39 is 13.3 Å². The summed E-state index contributed by atoms with van der Waals surface area (Å²) >= 11 is 22.0. The van der Waals surface area contributed by atoms with E-state index in [0.717, 1.165) is 18.7 Å². The van der Waals surface area contributed by atoms with Gasteiger partial charge in [-0.2, -0.15) is 0 Å². The van der Waals surface area contributed by atoms with Crippen LogP contribution in [0.15, 0.2) is 0 Å². The maximum absolute atomic E-state index is 5.51. The predicted molar refractivity (Wildman–Crippen MR) is 51.6 cm³/mol. The molecule has 0 atom stereocenters. The smallest absolute Gasteiger partial charge is 0.0781 e. The Hall–Kier alpha value is 2.02. The highest BCUT2D eigenvalue weighted by Crippen LogP contribution is 2.51. The molecule has 0 aliphatic heterocycles. The molecule has 9 heavy (non-hydrogen) atoms. The van der Waals surface area contributed by atoms with E-state index in [-0.39, 0.29) is 0 Å². The molecule has 0 saturated carbocycles. The second-order valence-electron chi connectivity index (χ2n) is 1.41. The standard InChI is InChI=1S/C3H6Cl4P2/c4-8(5)2-1-3-9(6)7/h1-3H2. The first-order chi connectivity index (χ1) is 4.13. The zero-order chi connectivity index (χ0) is 7.28. The normalized spacial score (nSPS) is 11.3. The van der Waals surface area contributed by atoms with Crippen LogP contribution >= 0.6 is 58.2 Å². The Morgan fingerprint density at radius 1 is 0.778 bits per heavy atom. The molecule has 0 aliphatic carbocycles. The molecule has 0 N–H and O–H groups in total. The lowest BCUT2D eigenvalue weighted by Gasteiger charge is -1.99. The van der Waals surface area contributed by atoms with Crippen LogP contribution in [-0.2, 0) is 0 Å². The summed E-state index contributed by atoms with van der Waals surface area (Å²) in [6.07, 6.45) is 2.63. The molecule has 0 aliphatic rings. The first kappa shape index (κ1) is 11.0. The van der Waals surface area contributed by atoms with Crippen molar-refractivity contribution in [3.8, 4) is 0 Å². The number of halogens is 4. The summed E-state index contributed by atoms with van der Waals surface area (Å²) in [4.78, 5) is 0. The quantitative estimate of drug-likeness (QED) is 0.615. The van der Waals surface area contributed by atoms with Gasteiger partial charge in [0.25, 0.3) is 0 Å². The van der Waals surface area contributed by atoms with Crippen LogP contribution < -0.4 is 0 Å². The Morgan fingerprint density at radius 3 is 1.33 bits per heavy atom. The van der Waals surface area contributed by atoms with Crippen LogP contribution in [0.5, 0.6) is 0 Å². The molecule has 0 fully saturated rings. The Bertz CT molecular complexity index is 58.8.